The zero-order chi connectivity index (χ0) is 20.7. The van der Waals surface area contributed by atoms with E-state index in [4.69, 9.17) is 5.73 Å². The van der Waals surface area contributed by atoms with E-state index in [0.717, 1.165) is 55.4 Å². The lowest BCUT2D eigenvalue weighted by atomic mass is 9.94. The molecule has 2 rings (SSSR count). The van der Waals surface area contributed by atoms with Crippen molar-refractivity contribution in [2.75, 3.05) is 33.2 Å². The molecule has 1 aliphatic rings. The fraction of sp³-hybridized carbons (Fsp3) is 0.652. The fourth-order valence-electron chi connectivity index (χ4n) is 4.09. The van der Waals surface area contributed by atoms with Crippen LogP contribution in [0.15, 0.2) is 24.3 Å². The minimum absolute atomic E-state index is 0.0404. The van der Waals surface area contributed by atoms with Crippen molar-refractivity contribution in [2.24, 2.45) is 17.6 Å². The minimum Gasteiger partial charge on any atom is -0.369 e. The van der Waals surface area contributed by atoms with E-state index in [1.54, 1.807) is 0 Å². The molecule has 0 radical (unpaired) electrons. The van der Waals surface area contributed by atoms with Crippen molar-refractivity contribution in [3.63, 3.8) is 0 Å². The Kier molecular flexibility index (Phi) is 8.05. The Morgan fingerprint density at radius 3 is 2.29 bits per heavy atom. The second-order valence-corrected chi connectivity index (χ2v) is 9.17. The number of hydrogen-bond acceptors (Lipinski definition) is 2. The third-order valence-electron chi connectivity index (χ3n) is 6.13. The first-order valence-corrected chi connectivity index (χ1v) is 10.7. The first kappa shape index (κ1) is 22.4. The zero-order valence-electron chi connectivity index (χ0n) is 18.0. The van der Waals surface area contributed by atoms with Gasteiger partial charge in [-0.1, -0.05) is 38.1 Å². The molecule has 2 amide bonds. The predicted octanol–water partition coefficient (Wildman–Crippen LogP) is 2.84. The van der Waals surface area contributed by atoms with Crippen LogP contribution in [0, 0.1) is 11.8 Å². The number of quaternary nitrogens is 1. The maximum Gasteiger partial charge on any atom is 0.227 e. The Bertz CT molecular complexity index is 646. The largest absolute Gasteiger partial charge is 0.369 e. The monoisotopic (exact) mass is 388 g/mol. The van der Waals surface area contributed by atoms with E-state index in [0.29, 0.717) is 12.5 Å². The Morgan fingerprint density at radius 1 is 1.14 bits per heavy atom. The van der Waals surface area contributed by atoms with Gasteiger partial charge in [-0.2, -0.15) is 0 Å². The van der Waals surface area contributed by atoms with Gasteiger partial charge in [0, 0.05) is 31.7 Å². The number of nitrogens with one attached hydrogen (secondary N) is 1. The lowest BCUT2D eigenvalue weighted by Crippen LogP contribution is -2.52. The summed E-state index contributed by atoms with van der Waals surface area (Å²) in [6.07, 6.45) is 3.77. The number of likely N-dealkylation sites (tertiary alicyclic amines) is 1. The Balaban J connectivity index is 1.72. The van der Waals surface area contributed by atoms with Gasteiger partial charge in [0.2, 0.25) is 11.8 Å². The summed E-state index contributed by atoms with van der Waals surface area (Å²) in [7, 11) is 2.24. The van der Waals surface area contributed by atoms with Gasteiger partial charge in [0.15, 0.2) is 0 Å². The topological polar surface area (TPSA) is 72.2 Å². The lowest BCUT2D eigenvalue weighted by Gasteiger charge is -2.40. The lowest BCUT2D eigenvalue weighted by molar-refractivity contribution is -0.914. The number of nitrogens with zero attached hydrogens (tertiary/aromatic N) is 1. The van der Waals surface area contributed by atoms with Crippen LogP contribution in [0.3, 0.4) is 0 Å². The zero-order valence-corrected chi connectivity index (χ0v) is 18.0. The van der Waals surface area contributed by atoms with E-state index >= 15 is 0 Å². The van der Waals surface area contributed by atoms with E-state index in [-0.39, 0.29) is 23.7 Å². The van der Waals surface area contributed by atoms with E-state index in [1.807, 2.05) is 6.92 Å². The van der Waals surface area contributed by atoms with Crippen LogP contribution >= 0.6 is 0 Å². The van der Waals surface area contributed by atoms with Crippen molar-refractivity contribution < 1.29 is 14.1 Å². The van der Waals surface area contributed by atoms with Gasteiger partial charge < -0.3 is 15.5 Å². The second kappa shape index (κ2) is 10.1. The van der Waals surface area contributed by atoms with Gasteiger partial charge in [0.25, 0.3) is 0 Å². The molecular formula is C23H38N3O2+. The molecule has 5 heteroatoms. The molecule has 0 bridgehead atoms. The number of primary amides is 1. The molecule has 1 aliphatic heterocycles. The molecule has 156 valence electrons. The molecule has 1 fully saturated rings. The summed E-state index contributed by atoms with van der Waals surface area (Å²) in [6.45, 7) is 10.1. The standard InChI is InChI=1S/C23H37N3O2/c1-17(2)16-19-6-8-20(9-7-19)18(3)23(28)25-12-5-13-26(4)14-10-21(11-15-26)22(24)27/h6-9,17-18,21H,5,10-16H2,1-4H3,(H2-,24,25,27,28)/p+1/t18-,21?,26?/m1/s1. The molecular weight excluding hydrogens is 350 g/mol. The number of hydrogen-bond donors (Lipinski definition) is 2. The quantitative estimate of drug-likeness (QED) is 0.504. The number of nitrogens with two attached hydrogens (primary N) is 1. The Hall–Kier alpha value is -1.88. The van der Waals surface area contributed by atoms with Crippen LogP contribution in [-0.2, 0) is 16.0 Å². The Morgan fingerprint density at radius 2 is 1.75 bits per heavy atom. The fourth-order valence-corrected chi connectivity index (χ4v) is 4.09. The van der Waals surface area contributed by atoms with Crippen molar-refractivity contribution >= 4 is 11.8 Å². The third-order valence-corrected chi connectivity index (χ3v) is 6.13. The van der Waals surface area contributed by atoms with Crippen LogP contribution in [0.4, 0.5) is 0 Å². The van der Waals surface area contributed by atoms with Crippen LogP contribution in [0.2, 0.25) is 0 Å². The average molecular weight is 389 g/mol. The number of benzene rings is 1. The number of carbonyl (C=O) groups is 2. The molecule has 28 heavy (non-hydrogen) atoms. The molecule has 5 nitrogen and oxygen atoms in total. The van der Waals surface area contributed by atoms with Crippen LogP contribution in [0.1, 0.15) is 57.1 Å². The van der Waals surface area contributed by atoms with Crippen molar-refractivity contribution in [1.29, 1.82) is 0 Å². The minimum atomic E-state index is -0.162. The highest BCUT2D eigenvalue weighted by Crippen LogP contribution is 2.22. The Labute approximate surface area is 170 Å². The first-order chi connectivity index (χ1) is 13.2. The molecule has 0 aliphatic carbocycles. The highest BCUT2D eigenvalue weighted by molar-refractivity contribution is 5.83. The summed E-state index contributed by atoms with van der Waals surface area (Å²) < 4.78 is 0.965. The number of piperidine rings is 1. The molecule has 1 saturated heterocycles. The molecule has 1 heterocycles. The van der Waals surface area contributed by atoms with E-state index in [1.165, 1.54) is 5.56 Å². The van der Waals surface area contributed by atoms with E-state index in [2.05, 4.69) is 50.5 Å². The van der Waals surface area contributed by atoms with E-state index < -0.39 is 0 Å². The second-order valence-electron chi connectivity index (χ2n) is 9.17. The summed E-state index contributed by atoms with van der Waals surface area (Å²) in [6, 6.07) is 8.44. The van der Waals surface area contributed by atoms with Crippen molar-refractivity contribution in [3.05, 3.63) is 35.4 Å². The van der Waals surface area contributed by atoms with Crippen molar-refractivity contribution in [1.82, 2.24) is 5.32 Å². The smallest absolute Gasteiger partial charge is 0.227 e. The van der Waals surface area contributed by atoms with Crippen LogP contribution in [0.25, 0.3) is 0 Å². The molecule has 1 atom stereocenters. The summed E-state index contributed by atoms with van der Waals surface area (Å²) >= 11 is 0. The summed E-state index contributed by atoms with van der Waals surface area (Å²) in [4.78, 5) is 23.8. The highest BCUT2D eigenvalue weighted by Gasteiger charge is 2.32. The van der Waals surface area contributed by atoms with Crippen molar-refractivity contribution in [2.45, 2.75) is 52.4 Å². The van der Waals surface area contributed by atoms with Gasteiger partial charge in [-0.25, -0.2) is 0 Å². The molecule has 0 saturated carbocycles. The third kappa shape index (κ3) is 6.62. The number of carbonyl (C=O) groups excluding carboxylic acids is 2. The first-order valence-electron chi connectivity index (χ1n) is 10.7. The van der Waals surface area contributed by atoms with Crippen LogP contribution < -0.4 is 11.1 Å². The van der Waals surface area contributed by atoms with Gasteiger partial charge in [0.1, 0.15) is 0 Å². The van der Waals surface area contributed by atoms with Crippen molar-refractivity contribution in [3.8, 4) is 0 Å². The van der Waals surface area contributed by atoms with Gasteiger partial charge in [0.05, 0.1) is 32.6 Å². The molecule has 1 aromatic carbocycles. The van der Waals surface area contributed by atoms with Gasteiger partial charge in [-0.15, -0.1) is 0 Å². The van der Waals surface area contributed by atoms with Crippen LogP contribution in [0.5, 0.6) is 0 Å². The maximum absolute atomic E-state index is 12.5. The summed E-state index contributed by atoms with van der Waals surface area (Å²) in [5.41, 5.74) is 7.81. The SMILES string of the molecule is CC(C)Cc1ccc([C@@H](C)C(=O)NCCC[N+]2(C)CCC(C(N)=O)CC2)cc1. The van der Waals surface area contributed by atoms with E-state index in [9.17, 15) is 9.59 Å². The van der Waals surface area contributed by atoms with Gasteiger partial charge in [-0.05, 0) is 30.4 Å². The predicted molar refractivity (Wildman–Crippen MR) is 114 cm³/mol. The van der Waals surface area contributed by atoms with Gasteiger partial charge in [-0.3, -0.25) is 9.59 Å². The average Bonchev–Trinajstić information content (AvgIpc) is 2.65. The highest BCUT2D eigenvalue weighted by atomic mass is 16.2. The molecule has 0 spiro atoms. The molecule has 0 aromatic heterocycles. The van der Waals surface area contributed by atoms with Gasteiger partial charge >= 0.3 is 0 Å². The maximum atomic E-state index is 12.5. The molecule has 3 N–H and O–H groups in total. The summed E-state index contributed by atoms with van der Waals surface area (Å²) in [5.74, 6) is 0.469. The normalized spacial score (nSPS) is 23.4. The molecule has 0 unspecified atom stereocenters. The summed E-state index contributed by atoms with van der Waals surface area (Å²) in [5, 5.41) is 3.09. The molecule has 1 aromatic rings. The number of amides is 2. The van der Waals surface area contributed by atoms with Crippen LogP contribution in [-0.4, -0.2) is 49.5 Å². The number of rotatable bonds is 9.